The highest BCUT2D eigenvalue weighted by atomic mass is 19.3. The predicted octanol–water partition coefficient (Wildman–Crippen LogP) is 9.07. The van der Waals surface area contributed by atoms with Gasteiger partial charge in [0.15, 0.2) is 0 Å². The summed E-state index contributed by atoms with van der Waals surface area (Å²) in [6.07, 6.45) is 13.2. The molecule has 3 aromatic rings. The van der Waals surface area contributed by atoms with E-state index in [9.17, 15) is 8.78 Å². The van der Waals surface area contributed by atoms with Gasteiger partial charge in [0.05, 0.1) is 0 Å². The zero-order valence-corrected chi connectivity index (χ0v) is 20.3. The van der Waals surface area contributed by atoms with E-state index in [0.717, 1.165) is 35.6 Å². The first-order chi connectivity index (χ1) is 17.0. The summed E-state index contributed by atoms with van der Waals surface area (Å²) in [6, 6.07) is 16.6. The Morgan fingerprint density at radius 2 is 1.51 bits per heavy atom. The van der Waals surface area contributed by atoms with Crippen LogP contribution in [-0.4, -0.2) is 6.61 Å². The van der Waals surface area contributed by atoms with Crippen LogP contribution in [0.15, 0.2) is 67.3 Å². The lowest BCUT2D eigenvalue weighted by Crippen LogP contribution is -2.15. The van der Waals surface area contributed by atoms with E-state index in [2.05, 4.69) is 23.4 Å². The van der Waals surface area contributed by atoms with Crippen LogP contribution in [0.3, 0.4) is 0 Å². The largest absolute Gasteiger partial charge is 0.435 e. The Morgan fingerprint density at radius 3 is 2.20 bits per heavy atom. The molecule has 4 heteroatoms. The van der Waals surface area contributed by atoms with Gasteiger partial charge in [0, 0.05) is 5.39 Å². The van der Waals surface area contributed by atoms with Crippen LogP contribution in [-0.2, 0) is 19.3 Å². The highest BCUT2D eigenvalue weighted by Crippen LogP contribution is 2.34. The molecule has 0 unspecified atom stereocenters. The van der Waals surface area contributed by atoms with E-state index in [4.69, 9.17) is 0 Å². The van der Waals surface area contributed by atoms with Gasteiger partial charge in [-0.25, -0.2) is 4.39 Å². The summed E-state index contributed by atoms with van der Waals surface area (Å²) < 4.78 is 44.2. The zero-order valence-electron chi connectivity index (χ0n) is 20.3. The molecule has 4 rings (SSSR count). The normalized spacial score (nSPS) is 18.2. The Bertz CT molecular complexity index is 1100. The topological polar surface area (TPSA) is 9.23 Å². The fourth-order valence-electron chi connectivity index (χ4n) is 5.38. The predicted molar refractivity (Wildman–Crippen MR) is 138 cm³/mol. The molecule has 0 radical (unpaired) electrons. The maximum Gasteiger partial charge on any atom is 0.387 e. The quantitative estimate of drug-likeness (QED) is 0.249. The first-order valence-electron chi connectivity index (χ1n) is 12.9. The van der Waals surface area contributed by atoms with Crippen LogP contribution < -0.4 is 4.74 Å². The standard InChI is InChI=1S/C31H35F3O/c1-2-3-4-22-5-7-23(8-6-22)9-10-25-14-20-29-27(21-25)17-16-26(30(29)32)15-11-24-12-18-28(19-13-24)35-31(33)34/h2,12-14,16-23,31H,1,3-11,15H2. The van der Waals surface area contributed by atoms with Crippen molar-refractivity contribution >= 4 is 10.8 Å². The van der Waals surface area contributed by atoms with Gasteiger partial charge >= 0.3 is 6.61 Å². The maximum absolute atomic E-state index is 15.2. The molecule has 3 aromatic carbocycles. The fraction of sp³-hybridized carbons (Fsp3) is 0.419. The molecule has 186 valence electrons. The Kier molecular flexibility index (Phi) is 8.90. The SMILES string of the molecule is C=CCCC1CCC(CCc2ccc3c(F)c(CCc4ccc(OC(F)F)cc4)ccc3c2)CC1. The van der Waals surface area contributed by atoms with Crippen molar-refractivity contribution in [2.75, 3.05) is 0 Å². The molecule has 0 aliphatic heterocycles. The van der Waals surface area contributed by atoms with Crippen molar-refractivity contribution in [1.29, 1.82) is 0 Å². The van der Waals surface area contributed by atoms with Gasteiger partial charge in [0.25, 0.3) is 0 Å². The van der Waals surface area contributed by atoms with Crippen LogP contribution in [0.2, 0.25) is 0 Å². The highest BCUT2D eigenvalue weighted by molar-refractivity contribution is 5.84. The molecule has 1 saturated carbocycles. The third-order valence-corrected chi connectivity index (χ3v) is 7.52. The van der Waals surface area contributed by atoms with Gasteiger partial charge in [-0.15, -0.1) is 6.58 Å². The summed E-state index contributed by atoms with van der Waals surface area (Å²) in [6.45, 7) is 1.01. The molecule has 0 aromatic heterocycles. The number of rotatable bonds is 11. The number of benzene rings is 3. The molecule has 1 fully saturated rings. The Morgan fingerprint density at radius 1 is 0.829 bits per heavy atom. The van der Waals surface area contributed by atoms with E-state index < -0.39 is 6.61 Å². The van der Waals surface area contributed by atoms with E-state index in [1.54, 1.807) is 12.1 Å². The Balaban J connectivity index is 1.31. The first-order valence-corrected chi connectivity index (χ1v) is 12.9. The lowest BCUT2D eigenvalue weighted by atomic mass is 9.78. The fourth-order valence-corrected chi connectivity index (χ4v) is 5.38. The molecule has 0 atom stereocenters. The van der Waals surface area contributed by atoms with Gasteiger partial charge < -0.3 is 4.74 Å². The van der Waals surface area contributed by atoms with Crippen molar-refractivity contribution in [3.8, 4) is 5.75 Å². The lowest BCUT2D eigenvalue weighted by molar-refractivity contribution is -0.0498. The molecule has 0 amide bonds. The van der Waals surface area contributed by atoms with Crippen molar-refractivity contribution in [2.45, 2.75) is 70.8 Å². The maximum atomic E-state index is 15.2. The van der Waals surface area contributed by atoms with Crippen LogP contribution in [0.4, 0.5) is 13.2 Å². The van der Waals surface area contributed by atoms with Crippen LogP contribution >= 0.6 is 0 Å². The molecule has 35 heavy (non-hydrogen) atoms. The number of ether oxygens (including phenoxy) is 1. The molecule has 1 nitrogen and oxygen atoms in total. The van der Waals surface area contributed by atoms with Gasteiger partial charge in [-0.3, -0.25) is 0 Å². The first kappa shape index (κ1) is 25.3. The van der Waals surface area contributed by atoms with Crippen molar-refractivity contribution in [2.24, 2.45) is 11.8 Å². The Hall–Kier alpha value is -2.75. The van der Waals surface area contributed by atoms with Crippen molar-refractivity contribution in [3.05, 3.63) is 89.8 Å². The minimum Gasteiger partial charge on any atom is -0.435 e. The monoisotopic (exact) mass is 480 g/mol. The van der Waals surface area contributed by atoms with Crippen LogP contribution in [0.1, 0.15) is 61.6 Å². The Labute approximate surface area is 207 Å². The average Bonchev–Trinajstić information content (AvgIpc) is 2.87. The number of fused-ring (bicyclic) bond motifs is 1. The van der Waals surface area contributed by atoms with E-state index in [-0.39, 0.29) is 11.6 Å². The van der Waals surface area contributed by atoms with E-state index >= 15 is 4.39 Å². The number of hydrogen-bond donors (Lipinski definition) is 0. The second-order valence-corrected chi connectivity index (χ2v) is 9.91. The molecule has 0 N–H and O–H groups in total. The van der Waals surface area contributed by atoms with Gasteiger partial charge in [0.1, 0.15) is 11.6 Å². The summed E-state index contributed by atoms with van der Waals surface area (Å²) >= 11 is 0. The minimum atomic E-state index is -2.83. The van der Waals surface area contributed by atoms with Crippen molar-refractivity contribution in [3.63, 3.8) is 0 Å². The average molecular weight is 481 g/mol. The zero-order chi connectivity index (χ0) is 24.6. The molecular weight excluding hydrogens is 445 g/mol. The van der Waals surface area contributed by atoms with Crippen molar-refractivity contribution in [1.82, 2.24) is 0 Å². The third-order valence-electron chi connectivity index (χ3n) is 7.52. The second-order valence-electron chi connectivity index (χ2n) is 9.91. The number of halogens is 3. The summed E-state index contributed by atoms with van der Waals surface area (Å²) in [4.78, 5) is 0. The molecular formula is C31H35F3O. The minimum absolute atomic E-state index is 0.132. The molecule has 0 saturated heterocycles. The van der Waals surface area contributed by atoms with Gasteiger partial charge in [-0.1, -0.05) is 74.2 Å². The van der Waals surface area contributed by atoms with E-state index in [1.165, 1.54) is 56.2 Å². The number of alkyl halides is 2. The van der Waals surface area contributed by atoms with Gasteiger partial charge in [-0.2, -0.15) is 8.78 Å². The van der Waals surface area contributed by atoms with Crippen LogP contribution in [0, 0.1) is 17.7 Å². The van der Waals surface area contributed by atoms with E-state index in [1.807, 2.05) is 24.3 Å². The molecule has 0 spiro atoms. The van der Waals surface area contributed by atoms with E-state index in [0.29, 0.717) is 23.8 Å². The molecule has 0 heterocycles. The summed E-state index contributed by atoms with van der Waals surface area (Å²) in [5.74, 6) is 1.65. The molecule has 1 aliphatic carbocycles. The van der Waals surface area contributed by atoms with Crippen LogP contribution in [0.5, 0.6) is 5.75 Å². The third kappa shape index (κ3) is 7.13. The molecule has 1 aliphatic rings. The van der Waals surface area contributed by atoms with Gasteiger partial charge in [-0.05, 0) is 84.6 Å². The smallest absolute Gasteiger partial charge is 0.387 e. The number of aryl methyl sites for hydroxylation is 3. The van der Waals surface area contributed by atoms with Crippen LogP contribution in [0.25, 0.3) is 10.8 Å². The lowest BCUT2D eigenvalue weighted by Gasteiger charge is -2.28. The van der Waals surface area contributed by atoms with Crippen molar-refractivity contribution < 1.29 is 17.9 Å². The summed E-state index contributed by atoms with van der Waals surface area (Å²) in [5.41, 5.74) is 2.91. The highest BCUT2D eigenvalue weighted by Gasteiger charge is 2.20. The summed E-state index contributed by atoms with van der Waals surface area (Å²) in [7, 11) is 0. The summed E-state index contributed by atoms with van der Waals surface area (Å²) in [5, 5.41) is 1.61. The number of hydrogen-bond acceptors (Lipinski definition) is 1. The van der Waals surface area contributed by atoms with Gasteiger partial charge in [0.2, 0.25) is 0 Å². The molecule has 0 bridgehead atoms. The second kappa shape index (κ2) is 12.3. The number of allylic oxidation sites excluding steroid dienone is 1.